The van der Waals surface area contributed by atoms with Gasteiger partial charge in [0.05, 0.1) is 12.2 Å². The van der Waals surface area contributed by atoms with Gasteiger partial charge in [0.1, 0.15) is 6.04 Å². The summed E-state index contributed by atoms with van der Waals surface area (Å²) in [6.45, 7) is 4.64. The summed E-state index contributed by atoms with van der Waals surface area (Å²) in [5.41, 5.74) is 7.45. The van der Waals surface area contributed by atoms with Crippen LogP contribution in [0.25, 0.3) is 5.69 Å². The number of nitrogens with zero attached hydrogens (tertiary/aromatic N) is 2. The lowest BCUT2D eigenvalue weighted by atomic mass is 9.97. The standard InChI is InChI=1S/C27H24BrN3O/c1-18-8-3-5-10-22(18)26-25-12-7-15-30(25)24-11-6-4-9-20(24)17-31(26)27(32)29-21-13-14-23(28)19(2)16-21/h3-16,26H,17H2,1-2H3,(H,29,32)/t26-/m1/s1. The molecule has 32 heavy (non-hydrogen) atoms. The number of carbonyl (C=O) groups excluding carboxylic acids is 1. The summed E-state index contributed by atoms with van der Waals surface area (Å²) in [6.07, 6.45) is 2.08. The largest absolute Gasteiger partial charge is 0.322 e. The van der Waals surface area contributed by atoms with Crippen molar-refractivity contribution in [2.24, 2.45) is 0 Å². The molecule has 5 heteroatoms. The van der Waals surface area contributed by atoms with E-state index in [0.717, 1.165) is 43.8 Å². The van der Waals surface area contributed by atoms with E-state index >= 15 is 0 Å². The normalized spacial score (nSPS) is 15.0. The fourth-order valence-corrected chi connectivity index (χ4v) is 4.72. The fraction of sp³-hybridized carbons (Fsp3) is 0.148. The fourth-order valence-electron chi connectivity index (χ4n) is 4.48. The molecule has 3 aromatic carbocycles. The van der Waals surface area contributed by atoms with Crippen molar-refractivity contribution in [2.45, 2.75) is 26.4 Å². The molecule has 1 N–H and O–H groups in total. The van der Waals surface area contributed by atoms with E-state index in [1.54, 1.807) is 0 Å². The quantitative estimate of drug-likeness (QED) is 0.326. The number of amides is 2. The first-order valence-corrected chi connectivity index (χ1v) is 11.5. The lowest BCUT2D eigenvalue weighted by molar-refractivity contribution is 0.194. The minimum absolute atomic E-state index is 0.121. The maximum atomic E-state index is 13.7. The number of rotatable bonds is 2. The predicted molar refractivity (Wildman–Crippen MR) is 132 cm³/mol. The summed E-state index contributed by atoms with van der Waals surface area (Å²) in [5.74, 6) is 0. The Labute approximate surface area is 196 Å². The molecule has 2 heterocycles. The van der Waals surface area contributed by atoms with Gasteiger partial charge in [0, 0.05) is 22.1 Å². The third-order valence-electron chi connectivity index (χ3n) is 6.12. The van der Waals surface area contributed by atoms with Crippen LogP contribution in [0, 0.1) is 13.8 Å². The number of hydrogen-bond donors (Lipinski definition) is 1. The zero-order valence-corrected chi connectivity index (χ0v) is 19.6. The highest BCUT2D eigenvalue weighted by atomic mass is 79.9. The van der Waals surface area contributed by atoms with Gasteiger partial charge in [-0.25, -0.2) is 4.79 Å². The summed E-state index contributed by atoms with van der Waals surface area (Å²) >= 11 is 3.54. The number of para-hydroxylation sites is 1. The molecule has 160 valence electrons. The lowest BCUT2D eigenvalue weighted by Crippen LogP contribution is -2.38. The first-order chi connectivity index (χ1) is 15.5. The molecule has 4 aromatic rings. The van der Waals surface area contributed by atoms with E-state index in [1.807, 2.05) is 54.3 Å². The van der Waals surface area contributed by atoms with E-state index in [9.17, 15) is 4.79 Å². The summed E-state index contributed by atoms with van der Waals surface area (Å²) in [6, 6.07) is 26.3. The summed E-state index contributed by atoms with van der Waals surface area (Å²) in [7, 11) is 0. The monoisotopic (exact) mass is 485 g/mol. The minimum atomic E-state index is -0.213. The van der Waals surface area contributed by atoms with Crippen LogP contribution in [0.4, 0.5) is 10.5 Å². The van der Waals surface area contributed by atoms with Crippen LogP contribution < -0.4 is 5.32 Å². The topological polar surface area (TPSA) is 37.3 Å². The number of carbonyl (C=O) groups is 1. The van der Waals surface area contributed by atoms with Gasteiger partial charge in [-0.05, 0) is 72.5 Å². The second kappa shape index (κ2) is 8.32. The number of nitrogens with one attached hydrogen (secondary N) is 1. The molecule has 1 aliphatic rings. The van der Waals surface area contributed by atoms with E-state index in [1.165, 1.54) is 0 Å². The summed E-state index contributed by atoms with van der Waals surface area (Å²) < 4.78 is 3.23. The molecule has 0 radical (unpaired) electrons. The highest BCUT2D eigenvalue weighted by Crippen LogP contribution is 2.38. The van der Waals surface area contributed by atoms with E-state index in [0.29, 0.717) is 6.54 Å². The molecule has 0 unspecified atom stereocenters. The molecule has 2 amide bonds. The number of anilines is 1. The minimum Gasteiger partial charge on any atom is -0.318 e. The van der Waals surface area contributed by atoms with Crippen molar-refractivity contribution >= 4 is 27.6 Å². The van der Waals surface area contributed by atoms with Crippen LogP contribution in [-0.2, 0) is 6.54 Å². The first-order valence-electron chi connectivity index (χ1n) is 10.7. The predicted octanol–water partition coefficient (Wildman–Crippen LogP) is 6.99. The van der Waals surface area contributed by atoms with Crippen LogP contribution in [-0.4, -0.2) is 15.5 Å². The van der Waals surface area contributed by atoms with Gasteiger partial charge in [-0.1, -0.05) is 58.4 Å². The second-order valence-corrected chi connectivity index (χ2v) is 9.07. The van der Waals surface area contributed by atoms with Crippen molar-refractivity contribution in [1.82, 2.24) is 9.47 Å². The van der Waals surface area contributed by atoms with Gasteiger partial charge in [0.15, 0.2) is 0 Å². The molecule has 1 aliphatic heterocycles. The van der Waals surface area contributed by atoms with Gasteiger partial charge in [-0.15, -0.1) is 0 Å². The Hall–Kier alpha value is -3.31. The van der Waals surface area contributed by atoms with Gasteiger partial charge in [-0.3, -0.25) is 0 Å². The second-order valence-electron chi connectivity index (χ2n) is 8.21. The van der Waals surface area contributed by atoms with Crippen molar-refractivity contribution in [1.29, 1.82) is 0 Å². The maximum Gasteiger partial charge on any atom is 0.322 e. The van der Waals surface area contributed by atoms with Gasteiger partial charge < -0.3 is 14.8 Å². The van der Waals surface area contributed by atoms with E-state index < -0.39 is 0 Å². The molecular formula is C27H24BrN3O. The number of benzene rings is 3. The zero-order valence-electron chi connectivity index (χ0n) is 18.0. The van der Waals surface area contributed by atoms with Crippen molar-refractivity contribution in [2.75, 3.05) is 5.32 Å². The molecule has 0 saturated heterocycles. The lowest BCUT2D eigenvalue weighted by Gasteiger charge is -2.32. The van der Waals surface area contributed by atoms with E-state index in [2.05, 4.69) is 75.3 Å². The molecule has 0 bridgehead atoms. The average molecular weight is 486 g/mol. The van der Waals surface area contributed by atoms with Crippen LogP contribution in [0.3, 0.4) is 0 Å². The van der Waals surface area contributed by atoms with Crippen LogP contribution in [0.1, 0.15) is 34.0 Å². The van der Waals surface area contributed by atoms with Crippen molar-refractivity contribution in [3.8, 4) is 5.69 Å². The Morgan fingerprint density at radius 2 is 1.72 bits per heavy atom. The molecule has 0 saturated carbocycles. The molecule has 0 spiro atoms. The van der Waals surface area contributed by atoms with Crippen molar-refractivity contribution in [3.05, 3.63) is 117 Å². The van der Waals surface area contributed by atoms with Crippen LogP contribution in [0.5, 0.6) is 0 Å². The molecular weight excluding hydrogens is 462 g/mol. The van der Waals surface area contributed by atoms with Gasteiger partial charge >= 0.3 is 6.03 Å². The van der Waals surface area contributed by atoms with Gasteiger partial charge in [0.25, 0.3) is 0 Å². The summed E-state index contributed by atoms with van der Waals surface area (Å²) in [5, 5.41) is 3.14. The van der Waals surface area contributed by atoms with E-state index in [4.69, 9.17) is 0 Å². The highest BCUT2D eigenvalue weighted by Gasteiger charge is 2.33. The van der Waals surface area contributed by atoms with Crippen molar-refractivity contribution in [3.63, 3.8) is 0 Å². The van der Waals surface area contributed by atoms with Crippen LogP contribution in [0.15, 0.2) is 89.5 Å². The maximum absolute atomic E-state index is 13.7. The Morgan fingerprint density at radius 1 is 0.938 bits per heavy atom. The molecule has 1 atom stereocenters. The van der Waals surface area contributed by atoms with E-state index in [-0.39, 0.29) is 12.1 Å². The molecule has 0 fully saturated rings. The molecule has 4 nitrogen and oxygen atoms in total. The number of aromatic nitrogens is 1. The number of hydrogen-bond acceptors (Lipinski definition) is 1. The van der Waals surface area contributed by atoms with Crippen LogP contribution in [0.2, 0.25) is 0 Å². The highest BCUT2D eigenvalue weighted by molar-refractivity contribution is 9.10. The third-order valence-corrected chi connectivity index (χ3v) is 7.01. The SMILES string of the molecule is Cc1cc(NC(=O)N2Cc3ccccc3-n3cccc3[C@H]2c2ccccc2C)ccc1Br. The number of fused-ring (bicyclic) bond motifs is 3. The summed E-state index contributed by atoms with van der Waals surface area (Å²) in [4.78, 5) is 15.7. The Balaban J connectivity index is 1.64. The van der Waals surface area contributed by atoms with Crippen LogP contribution >= 0.6 is 15.9 Å². The first kappa shape index (κ1) is 20.6. The Morgan fingerprint density at radius 3 is 2.53 bits per heavy atom. The number of urea groups is 1. The van der Waals surface area contributed by atoms with Gasteiger partial charge in [0.2, 0.25) is 0 Å². The third kappa shape index (κ3) is 3.63. The molecule has 1 aromatic heterocycles. The molecule has 0 aliphatic carbocycles. The Kier molecular flexibility index (Phi) is 5.35. The van der Waals surface area contributed by atoms with Crippen molar-refractivity contribution < 1.29 is 4.79 Å². The average Bonchev–Trinajstić information content (AvgIpc) is 3.21. The smallest absolute Gasteiger partial charge is 0.318 e. The number of aryl methyl sites for hydroxylation is 2. The molecule has 5 rings (SSSR count). The zero-order chi connectivity index (χ0) is 22.2. The number of halogens is 1. The Bertz CT molecular complexity index is 1310. The van der Waals surface area contributed by atoms with Gasteiger partial charge in [-0.2, -0.15) is 0 Å².